The van der Waals surface area contributed by atoms with E-state index in [0.717, 1.165) is 50.1 Å². The fourth-order valence-electron chi connectivity index (χ4n) is 4.84. The predicted molar refractivity (Wildman–Crippen MR) is 147 cm³/mol. The Morgan fingerprint density at radius 3 is 0.857 bits per heavy atom. The van der Waals surface area contributed by atoms with Crippen LogP contribution in [-0.2, 0) is 4.57 Å². The number of aromatic nitrogens is 6. The molecule has 194 valence electrons. The topological polar surface area (TPSA) is 103 Å². The van der Waals surface area contributed by atoms with E-state index < -0.39 is 7.14 Å². The fraction of sp³-hybridized carbons (Fsp3) is 0.667. The zero-order valence-corrected chi connectivity index (χ0v) is 24.6. The molecule has 0 unspecified atom stereocenters. The summed E-state index contributed by atoms with van der Waals surface area (Å²) in [5.41, 5.74) is 5.42. The molecule has 0 spiro atoms. The first-order valence-corrected chi connectivity index (χ1v) is 14.8. The highest BCUT2D eigenvalue weighted by Crippen LogP contribution is 2.52. The first kappa shape index (κ1) is 27.4. The van der Waals surface area contributed by atoms with Gasteiger partial charge in [-0.3, -0.25) is 15.3 Å². The van der Waals surface area contributed by atoms with Gasteiger partial charge in [-0.15, -0.1) is 0 Å². The van der Waals surface area contributed by atoms with E-state index >= 15 is 4.57 Å². The van der Waals surface area contributed by atoms with E-state index in [4.69, 9.17) is 15.3 Å². The van der Waals surface area contributed by atoms with Crippen LogP contribution in [0.25, 0.3) is 0 Å². The summed E-state index contributed by atoms with van der Waals surface area (Å²) in [5.74, 6) is 0.717. The molecular formula is C27H45N6OP. The van der Waals surface area contributed by atoms with Crippen LogP contribution in [0, 0.1) is 0 Å². The van der Waals surface area contributed by atoms with Crippen molar-refractivity contribution in [2.45, 2.75) is 119 Å². The first-order valence-electron chi connectivity index (χ1n) is 13.1. The normalized spacial score (nSPS) is 13.1. The highest BCUT2D eigenvalue weighted by atomic mass is 31.2. The minimum absolute atomic E-state index is 0.107. The molecule has 35 heavy (non-hydrogen) atoms. The van der Waals surface area contributed by atoms with Gasteiger partial charge in [0.1, 0.15) is 0 Å². The lowest BCUT2D eigenvalue weighted by Gasteiger charge is -2.27. The summed E-state index contributed by atoms with van der Waals surface area (Å²) in [7, 11) is -3.46. The molecule has 7 nitrogen and oxygen atoms in total. The summed E-state index contributed by atoms with van der Waals surface area (Å²) in [6.07, 6.45) is 0. The fourth-order valence-corrected chi connectivity index (χ4v) is 9.34. The van der Waals surface area contributed by atoms with Crippen LogP contribution in [0.1, 0.15) is 153 Å². The van der Waals surface area contributed by atoms with Gasteiger partial charge in [-0.05, 0) is 35.5 Å². The van der Waals surface area contributed by atoms with Crippen LogP contribution in [0.4, 0.5) is 0 Å². The van der Waals surface area contributed by atoms with Crippen LogP contribution in [0.15, 0.2) is 0 Å². The molecule has 0 bridgehead atoms. The standard InChI is InChI=1S/C27H45N6OP/c1-13(2)19-25(20(14(3)4)29-28-19)35(34,26-21(15(5)6)30-31-22(26)16(7)8)27-23(17(9)10)32-33-24(27)18(11)12/h13-18H,1-12H3,(H,28,29)(H,30,31)(H,32,33). The molecule has 3 N–H and O–H groups in total. The third-order valence-corrected chi connectivity index (χ3v) is 10.0. The summed E-state index contributed by atoms with van der Waals surface area (Å²) < 4.78 is 16.4. The zero-order chi connectivity index (χ0) is 26.4. The molecule has 0 radical (unpaired) electrons. The maximum atomic E-state index is 16.4. The largest absolute Gasteiger partial charge is 0.308 e. The maximum absolute atomic E-state index is 16.4. The van der Waals surface area contributed by atoms with E-state index in [1.165, 1.54) is 0 Å². The number of nitrogens with one attached hydrogen (secondary N) is 3. The highest BCUT2D eigenvalue weighted by molar-refractivity contribution is 7.85. The number of hydrogen-bond acceptors (Lipinski definition) is 4. The lowest BCUT2D eigenvalue weighted by Crippen LogP contribution is -2.35. The highest BCUT2D eigenvalue weighted by Gasteiger charge is 2.46. The summed E-state index contributed by atoms with van der Waals surface area (Å²) in [5, 5.41) is 26.7. The summed E-state index contributed by atoms with van der Waals surface area (Å²) >= 11 is 0. The SMILES string of the molecule is CC(C)c1n[nH]c(C(C)C)c1P(=O)(c1c(C(C)C)n[nH]c1C(C)C)c1c(C(C)C)n[nH]c1C(C)C. The van der Waals surface area contributed by atoms with Gasteiger partial charge in [0, 0.05) is 17.1 Å². The van der Waals surface area contributed by atoms with Crippen molar-refractivity contribution in [2.75, 3.05) is 0 Å². The molecule has 8 heteroatoms. The van der Waals surface area contributed by atoms with Gasteiger partial charge in [-0.25, -0.2) is 0 Å². The second kappa shape index (κ2) is 10.1. The van der Waals surface area contributed by atoms with Crippen molar-refractivity contribution in [3.8, 4) is 0 Å². The van der Waals surface area contributed by atoms with Crippen LogP contribution < -0.4 is 15.9 Å². The van der Waals surface area contributed by atoms with Gasteiger partial charge in [0.05, 0.1) is 33.0 Å². The zero-order valence-electron chi connectivity index (χ0n) is 23.7. The number of rotatable bonds is 9. The second-order valence-electron chi connectivity index (χ2n) is 11.7. The van der Waals surface area contributed by atoms with Crippen LogP contribution in [-0.4, -0.2) is 30.6 Å². The van der Waals surface area contributed by atoms with Crippen molar-refractivity contribution in [3.05, 3.63) is 34.2 Å². The lowest BCUT2D eigenvalue weighted by molar-refractivity contribution is 0.590. The Labute approximate surface area is 211 Å². The molecule has 0 amide bonds. The Kier molecular flexibility index (Phi) is 7.91. The number of H-pyrrole nitrogens is 3. The van der Waals surface area contributed by atoms with Gasteiger partial charge in [0.15, 0.2) is 7.14 Å². The van der Waals surface area contributed by atoms with Crippen LogP contribution in [0.2, 0.25) is 0 Å². The molecule has 3 aromatic heterocycles. The van der Waals surface area contributed by atoms with E-state index in [2.05, 4.69) is 98.4 Å². The molecule has 0 saturated carbocycles. The molecule has 3 rings (SSSR count). The number of aromatic amines is 3. The molecule has 0 aliphatic rings. The van der Waals surface area contributed by atoms with Gasteiger partial charge < -0.3 is 4.57 Å². The van der Waals surface area contributed by atoms with E-state index in [-0.39, 0.29) is 35.5 Å². The molecule has 3 aromatic rings. The third kappa shape index (κ3) is 4.57. The van der Waals surface area contributed by atoms with E-state index in [1.807, 2.05) is 0 Å². The van der Waals surface area contributed by atoms with E-state index in [9.17, 15) is 0 Å². The summed E-state index contributed by atoms with van der Waals surface area (Å²) in [6, 6.07) is 0. The van der Waals surface area contributed by atoms with Gasteiger partial charge >= 0.3 is 0 Å². The minimum atomic E-state index is -3.46. The molecule has 0 atom stereocenters. The first-order chi connectivity index (χ1) is 16.2. The predicted octanol–water partition coefficient (Wildman–Crippen LogP) is 6.24. The minimum Gasteiger partial charge on any atom is -0.308 e. The van der Waals surface area contributed by atoms with Crippen molar-refractivity contribution in [3.63, 3.8) is 0 Å². The maximum Gasteiger partial charge on any atom is 0.182 e. The Hall–Kier alpha value is -2.14. The van der Waals surface area contributed by atoms with Crippen LogP contribution in [0.3, 0.4) is 0 Å². The Morgan fingerprint density at radius 2 is 0.686 bits per heavy atom. The number of hydrogen-bond donors (Lipinski definition) is 3. The molecule has 0 fully saturated rings. The third-order valence-electron chi connectivity index (χ3n) is 6.70. The molecular weight excluding hydrogens is 455 g/mol. The van der Waals surface area contributed by atoms with Gasteiger partial charge in [-0.2, -0.15) is 15.3 Å². The van der Waals surface area contributed by atoms with Crippen LogP contribution >= 0.6 is 7.14 Å². The van der Waals surface area contributed by atoms with Gasteiger partial charge in [-0.1, -0.05) is 83.1 Å². The van der Waals surface area contributed by atoms with Gasteiger partial charge in [0.25, 0.3) is 0 Å². The van der Waals surface area contributed by atoms with Crippen molar-refractivity contribution < 1.29 is 4.57 Å². The van der Waals surface area contributed by atoms with E-state index in [0.29, 0.717) is 0 Å². The van der Waals surface area contributed by atoms with Crippen molar-refractivity contribution in [2.24, 2.45) is 0 Å². The summed E-state index contributed by atoms with van der Waals surface area (Å²) in [4.78, 5) is 0. The Balaban J connectivity index is 2.67. The monoisotopic (exact) mass is 500 g/mol. The molecule has 0 saturated heterocycles. The average molecular weight is 501 g/mol. The van der Waals surface area contributed by atoms with Gasteiger partial charge in [0.2, 0.25) is 0 Å². The Bertz CT molecular complexity index is 984. The van der Waals surface area contributed by atoms with Crippen molar-refractivity contribution in [1.29, 1.82) is 0 Å². The van der Waals surface area contributed by atoms with E-state index in [1.54, 1.807) is 0 Å². The van der Waals surface area contributed by atoms with Crippen molar-refractivity contribution in [1.82, 2.24) is 30.6 Å². The molecule has 0 aliphatic heterocycles. The lowest BCUT2D eigenvalue weighted by atomic mass is 10.1. The average Bonchev–Trinajstić information content (AvgIpc) is 3.49. The Morgan fingerprint density at radius 1 is 0.457 bits per heavy atom. The molecule has 0 aliphatic carbocycles. The quantitative estimate of drug-likeness (QED) is 0.303. The molecule has 0 aromatic carbocycles. The number of nitrogens with zero attached hydrogens (tertiary/aromatic N) is 3. The smallest absolute Gasteiger partial charge is 0.182 e. The van der Waals surface area contributed by atoms with Crippen molar-refractivity contribution >= 4 is 23.1 Å². The second-order valence-corrected chi connectivity index (χ2v) is 14.2. The molecule has 3 heterocycles. The van der Waals surface area contributed by atoms with Crippen LogP contribution in [0.5, 0.6) is 0 Å². The summed E-state index contributed by atoms with van der Waals surface area (Å²) in [6.45, 7) is 25.5.